The lowest BCUT2D eigenvalue weighted by Gasteiger charge is -2.36. The molecule has 0 saturated carbocycles. The van der Waals surface area contributed by atoms with Crippen molar-refractivity contribution in [2.45, 2.75) is 19.4 Å². The molecule has 1 aliphatic rings. The van der Waals surface area contributed by atoms with Crippen LogP contribution in [0.25, 0.3) is 0 Å². The third kappa shape index (κ3) is 3.28. The van der Waals surface area contributed by atoms with Crippen molar-refractivity contribution in [1.29, 1.82) is 0 Å². The standard InChI is InChI=1S/C18H22N4O3/c1-3-12-4-6-13(7-5-12)15-11-19-8-9-22(15)17(24)14-10-20-18(25)21(2)16(14)23/h4-7,10,15,19H,3,8-9,11H2,1-2H3,(H,20,25). The van der Waals surface area contributed by atoms with Crippen LogP contribution in [0.3, 0.4) is 0 Å². The maximum absolute atomic E-state index is 13.0. The van der Waals surface area contributed by atoms with Crippen molar-refractivity contribution in [3.63, 3.8) is 0 Å². The number of rotatable bonds is 3. The van der Waals surface area contributed by atoms with Crippen LogP contribution in [-0.4, -0.2) is 40.0 Å². The molecule has 7 heteroatoms. The molecule has 7 nitrogen and oxygen atoms in total. The van der Waals surface area contributed by atoms with Crippen LogP contribution in [0.5, 0.6) is 0 Å². The Kier molecular flexibility index (Phi) is 4.85. The van der Waals surface area contributed by atoms with E-state index < -0.39 is 11.2 Å². The van der Waals surface area contributed by atoms with Gasteiger partial charge in [-0.05, 0) is 17.5 Å². The first-order chi connectivity index (χ1) is 12.0. The molecule has 1 atom stereocenters. The van der Waals surface area contributed by atoms with Gasteiger partial charge in [-0.2, -0.15) is 0 Å². The van der Waals surface area contributed by atoms with Crippen molar-refractivity contribution in [3.8, 4) is 0 Å². The van der Waals surface area contributed by atoms with Gasteiger partial charge in [-0.3, -0.25) is 14.2 Å². The zero-order valence-electron chi connectivity index (χ0n) is 14.4. The number of aryl methyl sites for hydroxylation is 1. The molecule has 1 aromatic heterocycles. The van der Waals surface area contributed by atoms with Gasteiger partial charge in [0.25, 0.3) is 11.5 Å². The number of benzene rings is 1. The third-order valence-corrected chi connectivity index (χ3v) is 4.69. The lowest BCUT2D eigenvalue weighted by Crippen LogP contribution is -2.50. The molecular weight excluding hydrogens is 320 g/mol. The number of hydrogen-bond acceptors (Lipinski definition) is 4. The molecule has 0 aliphatic carbocycles. The molecule has 25 heavy (non-hydrogen) atoms. The highest BCUT2D eigenvalue weighted by Gasteiger charge is 2.30. The van der Waals surface area contributed by atoms with E-state index in [1.807, 2.05) is 12.1 Å². The topological polar surface area (TPSA) is 87.2 Å². The number of amides is 1. The van der Waals surface area contributed by atoms with Crippen molar-refractivity contribution < 1.29 is 4.79 Å². The number of carbonyl (C=O) groups excluding carboxylic acids is 1. The van der Waals surface area contributed by atoms with Crippen molar-refractivity contribution in [2.24, 2.45) is 7.05 Å². The van der Waals surface area contributed by atoms with E-state index in [0.29, 0.717) is 19.6 Å². The smallest absolute Gasteiger partial charge is 0.328 e. The molecular formula is C18H22N4O3. The van der Waals surface area contributed by atoms with Crippen LogP contribution in [0.2, 0.25) is 0 Å². The first kappa shape index (κ1) is 17.2. The molecule has 2 N–H and O–H groups in total. The highest BCUT2D eigenvalue weighted by molar-refractivity contribution is 5.94. The summed E-state index contributed by atoms with van der Waals surface area (Å²) >= 11 is 0. The van der Waals surface area contributed by atoms with Gasteiger partial charge in [0, 0.05) is 32.9 Å². The second kappa shape index (κ2) is 7.06. The number of aromatic nitrogens is 2. The van der Waals surface area contributed by atoms with Crippen LogP contribution >= 0.6 is 0 Å². The Morgan fingerprint density at radius 3 is 2.64 bits per heavy atom. The summed E-state index contributed by atoms with van der Waals surface area (Å²) in [4.78, 5) is 40.9. The average Bonchev–Trinajstić information content (AvgIpc) is 2.66. The van der Waals surface area contributed by atoms with Gasteiger partial charge < -0.3 is 15.2 Å². The number of carbonyl (C=O) groups is 1. The molecule has 0 radical (unpaired) electrons. The molecule has 1 amide bonds. The molecule has 2 heterocycles. The molecule has 0 bridgehead atoms. The van der Waals surface area contributed by atoms with Crippen LogP contribution in [0.1, 0.15) is 34.5 Å². The Morgan fingerprint density at radius 2 is 1.96 bits per heavy atom. The van der Waals surface area contributed by atoms with Crippen LogP contribution < -0.4 is 16.6 Å². The molecule has 1 aliphatic heterocycles. The fraction of sp³-hybridized carbons (Fsp3) is 0.389. The quantitative estimate of drug-likeness (QED) is 0.846. The molecule has 3 rings (SSSR count). The summed E-state index contributed by atoms with van der Waals surface area (Å²) in [6.07, 6.45) is 2.17. The summed E-state index contributed by atoms with van der Waals surface area (Å²) in [5.41, 5.74) is 1.14. The van der Waals surface area contributed by atoms with E-state index in [1.165, 1.54) is 18.8 Å². The highest BCUT2D eigenvalue weighted by atomic mass is 16.2. The second-order valence-corrected chi connectivity index (χ2v) is 6.19. The minimum Gasteiger partial charge on any atom is -0.329 e. The first-order valence-electron chi connectivity index (χ1n) is 8.42. The molecule has 0 spiro atoms. The van der Waals surface area contributed by atoms with Crippen LogP contribution in [0, 0.1) is 0 Å². The highest BCUT2D eigenvalue weighted by Crippen LogP contribution is 2.24. The summed E-state index contributed by atoms with van der Waals surface area (Å²) in [6, 6.07) is 8.03. The zero-order chi connectivity index (χ0) is 18.0. The summed E-state index contributed by atoms with van der Waals surface area (Å²) in [7, 11) is 1.36. The van der Waals surface area contributed by atoms with Crippen molar-refractivity contribution >= 4 is 5.91 Å². The van der Waals surface area contributed by atoms with Crippen molar-refractivity contribution in [1.82, 2.24) is 19.8 Å². The van der Waals surface area contributed by atoms with Gasteiger partial charge in [-0.1, -0.05) is 31.2 Å². The SMILES string of the molecule is CCc1ccc(C2CNCCN2C(=O)c2c[nH]c(=O)n(C)c2=O)cc1. The predicted molar refractivity (Wildman–Crippen MR) is 94.8 cm³/mol. The number of H-pyrrole nitrogens is 1. The summed E-state index contributed by atoms with van der Waals surface area (Å²) in [5.74, 6) is -0.358. The molecule has 1 aromatic carbocycles. The van der Waals surface area contributed by atoms with Crippen molar-refractivity contribution in [3.05, 3.63) is 68.0 Å². The van der Waals surface area contributed by atoms with Crippen LogP contribution in [0.15, 0.2) is 40.1 Å². The number of nitrogens with zero attached hydrogens (tertiary/aromatic N) is 2. The minimum absolute atomic E-state index is 0.0146. The number of hydrogen-bond donors (Lipinski definition) is 2. The number of aromatic amines is 1. The van der Waals surface area contributed by atoms with E-state index in [-0.39, 0.29) is 17.5 Å². The van der Waals surface area contributed by atoms with Gasteiger partial charge >= 0.3 is 5.69 Å². The number of nitrogens with one attached hydrogen (secondary N) is 2. The molecule has 132 valence electrons. The van der Waals surface area contributed by atoms with Gasteiger partial charge in [0.2, 0.25) is 0 Å². The van der Waals surface area contributed by atoms with Gasteiger partial charge in [-0.15, -0.1) is 0 Å². The van der Waals surface area contributed by atoms with Gasteiger partial charge in [-0.25, -0.2) is 4.79 Å². The lowest BCUT2D eigenvalue weighted by atomic mass is 10.0. The van der Waals surface area contributed by atoms with E-state index in [4.69, 9.17) is 0 Å². The molecule has 1 fully saturated rings. The van der Waals surface area contributed by atoms with Crippen LogP contribution in [-0.2, 0) is 13.5 Å². The lowest BCUT2D eigenvalue weighted by molar-refractivity contribution is 0.0631. The normalized spacial score (nSPS) is 17.5. The maximum atomic E-state index is 13.0. The Bertz CT molecular complexity index is 882. The fourth-order valence-electron chi connectivity index (χ4n) is 3.09. The summed E-state index contributed by atoms with van der Waals surface area (Å²) in [5, 5.41) is 3.30. The maximum Gasteiger partial charge on any atom is 0.328 e. The second-order valence-electron chi connectivity index (χ2n) is 6.19. The molecule has 2 aromatic rings. The van der Waals surface area contributed by atoms with E-state index in [0.717, 1.165) is 16.6 Å². The predicted octanol–water partition coefficient (Wildman–Crippen LogP) is 0.423. The minimum atomic E-state index is -0.577. The first-order valence-corrected chi connectivity index (χ1v) is 8.42. The number of piperazine rings is 1. The largest absolute Gasteiger partial charge is 0.329 e. The third-order valence-electron chi connectivity index (χ3n) is 4.69. The van der Waals surface area contributed by atoms with E-state index in [1.54, 1.807) is 4.90 Å². The van der Waals surface area contributed by atoms with Gasteiger partial charge in [0.05, 0.1) is 6.04 Å². The summed E-state index contributed by atoms with van der Waals surface area (Å²) in [6.45, 7) is 3.89. The Labute approximate surface area is 145 Å². The Hall–Kier alpha value is -2.67. The van der Waals surface area contributed by atoms with Crippen molar-refractivity contribution in [2.75, 3.05) is 19.6 Å². The van der Waals surface area contributed by atoms with E-state index >= 15 is 0 Å². The Balaban J connectivity index is 1.95. The summed E-state index contributed by atoms with van der Waals surface area (Å²) < 4.78 is 0.917. The molecule has 1 saturated heterocycles. The monoisotopic (exact) mass is 342 g/mol. The molecule has 1 unspecified atom stereocenters. The van der Waals surface area contributed by atoms with E-state index in [2.05, 4.69) is 29.4 Å². The van der Waals surface area contributed by atoms with Gasteiger partial charge in [0.15, 0.2) is 0 Å². The Morgan fingerprint density at radius 1 is 1.24 bits per heavy atom. The van der Waals surface area contributed by atoms with E-state index in [9.17, 15) is 14.4 Å². The fourth-order valence-corrected chi connectivity index (χ4v) is 3.09. The zero-order valence-corrected chi connectivity index (χ0v) is 14.4. The van der Waals surface area contributed by atoms with Gasteiger partial charge in [0.1, 0.15) is 5.56 Å². The van der Waals surface area contributed by atoms with Crippen LogP contribution in [0.4, 0.5) is 0 Å². The average molecular weight is 342 g/mol.